The number of nitrogens with two attached hydrogens (primary N) is 2. The maximum atomic E-state index is 12.5. The van der Waals surface area contributed by atoms with Crippen molar-refractivity contribution < 1.29 is 34.2 Å². The first-order valence-corrected chi connectivity index (χ1v) is 10.3. The van der Waals surface area contributed by atoms with Gasteiger partial charge >= 0.3 is 5.97 Å². The molecule has 0 saturated heterocycles. The zero-order chi connectivity index (χ0) is 25.1. The third kappa shape index (κ3) is 9.66. The zero-order valence-electron chi connectivity index (χ0n) is 18.5. The van der Waals surface area contributed by atoms with Crippen LogP contribution in [0.2, 0.25) is 0 Å². The molecule has 1 aromatic rings. The van der Waals surface area contributed by atoms with E-state index in [1.807, 2.05) is 0 Å². The molecule has 5 atom stereocenters. The normalized spacial score (nSPS) is 15.3. The number of amides is 4. The van der Waals surface area contributed by atoms with E-state index >= 15 is 0 Å². The van der Waals surface area contributed by atoms with Crippen LogP contribution in [0, 0.1) is 0 Å². The molecule has 0 fully saturated rings. The van der Waals surface area contributed by atoms with Crippen molar-refractivity contribution in [2.24, 2.45) is 11.5 Å². The molecular formula is C21H31N5O7. The largest absolute Gasteiger partial charge is 0.480 e. The predicted octanol–water partition coefficient (Wildman–Crippen LogP) is -2.24. The Morgan fingerprint density at radius 3 is 2.06 bits per heavy atom. The van der Waals surface area contributed by atoms with Gasteiger partial charge in [-0.05, 0) is 25.8 Å². The molecule has 9 N–H and O–H groups in total. The van der Waals surface area contributed by atoms with E-state index < -0.39 is 59.9 Å². The van der Waals surface area contributed by atoms with E-state index in [0.717, 1.165) is 0 Å². The Balaban J connectivity index is 2.72. The summed E-state index contributed by atoms with van der Waals surface area (Å²) in [6.07, 6.45) is -1.48. The van der Waals surface area contributed by atoms with Crippen LogP contribution in [0.5, 0.6) is 0 Å². The zero-order valence-corrected chi connectivity index (χ0v) is 18.5. The molecule has 12 nitrogen and oxygen atoms in total. The van der Waals surface area contributed by atoms with E-state index in [0.29, 0.717) is 5.56 Å². The number of hydrogen-bond acceptors (Lipinski definition) is 7. The van der Waals surface area contributed by atoms with Crippen LogP contribution in [0.25, 0.3) is 0 Å². The van der Waals surface area contributed by atoms with E-state index in [1.165, 1.54) is 13.8 Å². The number of benzene rings is 1. The van der Waals surface area contributed by atoms with Gasteiger partial charge in [0.1, 0.15) is 18.1 Å². The lowest BCUT2D eigenvalue weighted by Gasteiger charge is -2.25. The molecule has 0 radical (unpaired) electrons. The van der Waals surface area contributed by atoms with Crippen LogP contribution < -0.4 is 27.4 Å². The molecule has 0 aliphatic heterocycles. The minimum absolute atomic E-state index is 0.0398. The van der Waals surface area contributed by atoms with Crippen LogP contribution in [0.4, 0.5) is 0 Å². The second-order valence-electron chi connectivity index (χ2n) is 7.66. The molecule has 0 bridgehead atoms. The summed E-state index contributed by atoms with van der Waals surface area (Å²) in [5.41, 5.74) is 11.4. The molecule has 1 aromatic carbocycles. The van der Waals surface area contributed by atoms with Gasteiger partial charge < -0.3 is 37.6 Å². The lowest BCUT2D eigenvalue weighted by molar-refractivity contribution is -0.142. The van der Waals surface area contributed by atoms with Gasteiger partial charge in [-0.3, -0.25) is 19.2 Å². The van der Waals surface area contributed by atoms with Crippen LogP contribution >= 0.6 is 0 Å². The number of carbonyl (C=O) groups excluding carboxylic acids is 4. The van der Waals surface area contributed by atoms with E-state index in [-0.39, 0.29) is 19.3 Å². The van der Waals surface area contributed by atoms with Crippen molar-refractivity contribution in [2.75, 3.05) is 0 Å². The highest BCUT2D eigenvalue weighted by Gasteiger charge is 2.31. The second kappa shape index (κ2) is 13.1. The fourth-order valence-corrected chi connectivity index (χ4v) is 2.81. The van der Waals surface area contributed by atoms with Crippen molar-refractivity contribution in [1.82, 2.24) is 16.0 Å². The van der Waals surface area contributed by atoms with Crippen molar-refractivity contribution in [3.63, 3.8) is 0 Å². The molecule has 0 heterocycles. The van der Waals surface area contributed by atoms with Gasteiger partial charge in [0.05, 0.1) is 12.1 Å². The molecule has 5 unspecified atom stereocenters. The van der Waals surface area contributed by atoms with Gasteiger partial charge in [0.2, 0.25) is 23.6 Å². The van der Waals surface area contributed by atoms with E-state index in [4.69, 9.17) is 11.5 Å². The number of aliphatic hydroxyl groups excluding tert-OH is 1. The third-order valence-corrected chi connectivity index (χ3v) is 4.75. The summed E-state index contributed by atoms with van der Waals surface area (Å²) >= 11 is 0. The SMILES string of the molecule is CC(NC(=O)C(NC(=O)C(N)CCC(N)=O)C(C)O)C(=O)NC(Cc1ccccc1)C(=O)O. The van der Waals surface area contributed by atoms with Crippen molar-refractivity contribution in [1.29, 1.82) is 0 Å². The molecule has 182 valence electrons. The van der Waals surface area contributed by atoms with Crippen molar-refractivity contribution in [3.05, 3.63) is 35.9 Å². The van der Waals surface area contributed by atoms with Gasteiger partial charge in [-0.1, -0.05) is 30.3 Å². The van der Waals surface area contributed by atoms with Gasteiger partial charge in [0.25, 0.3) is 0 Å². The van der Waals surface area contributed by atoms with E-state index in [2.05, 4.69) is 16.0 Å². The summed E-state index contributed by atoms with van der Waals surface area (Å²) in [4.78, 5) is 59.5. The summed E-state index contributed by atoms with van der Waals surface area (Å²) in [5, 5.41) is 26.3. The van der Waals surface area contributed by atoms with Crippen LogP contribution in [-0.2, 0) is 30.4 Å². The highest BCUT2D eigenvalue weighted by atomic mass is 16.4. The number of aliphatic hydroxyl groups is 1. The van der Waals surface area contributed by atoms with Gasteiger partial charge in [0, 0.05) is 12.8 Å². The van der Waals surface area contributed by atoms with Gasteiger partial charge in [-0.25, -0.2) is 4.79 Å². The predicted molar refractivity (Wildman–Crippen MR) is 117 cm³/mol. The highest BCUT2D eigenvalue weighted by Crippen LogP contribution is 2.04. The van der Waals surface area contributed by atoms with E-state index in [1.54, 1.807) is 30.3 Å². The maximum absolute atomic E-state index is 12.5. The Bertz CT molecular complexity index is 847. The first-order chi connectivity index (χ1) is 15.4. The fraction of sp³-hybridized carbons (Fsp3) is 0.476. The molecule has 1 rings (SSSR count). The Labute approximate surface area is 191 Å². The summed E-state index contributed by atoms with van der Waals surface area (Å²) in [7, 11) is 0. The number of carboxylic acid groups (broad SMARTS) is 1. The molecule has 0 aliphatic rings. The lowest BCUT2D eigenvalue weighted by atomic mass is 10.1. The third-order valence-electron chi connectivity index (χ3n) is 4.75. The van der Waals surface area contributed by atoms with Crippen molar-refractivity contribution >= 4 is 29.6 Å². The minimum Gasteiger partial charge on any atom is -0.480 e. The Hall–Kier alpha value is -3.51. The molecule has 12 heteroatoms. The standard InChI is InChI=1S/C21H31N5O7/c1-11(18(29)25-15(21(32)33)10-13-6-4-3-5-7-13)24-20(31)17(12(2)27)26-19(30)14(22)8-9-16(23)28/h3-7,11-12,14-15,17,27H,8-10,22H2,1-2H3,(H2,23,28)(H,24,31)(H,25,29)(H,26,30)(H,32,33). The van der Waals surface area contributed by atoms with Crippen LogP contribution in [0.15, 0.2) is 30.3 Å². The molecule has 0 saturated carbocycles. The van der Waals surface area contributed by atoms with Crippen LogP contribution in [-0.4, -0.2) is 70.1 Å². The summed E-state index contributed by atoms with van der Waals surface area (Å²) in [6.45, 7) is 2.58. The number of primary amides is 1. The number of aliphatic carboxylic acids is 1. The average Bonchev–Trinajstić information content (AvgIpc) is 2.75. The molecule has 4 amide bonds. The van der Waals surface area contributed by atoms with Crippen molar-refractivity contribution in [3.8, 4) is 0 Å². The summed E-state index contributed by atoms with van der Waals surface area (Å²) in [6, 6.07) is 3.72. The van der Waals surface area contributed by atoms with Gasteiger partial charge in [-0.2, -0.15) is 0 Å². The highest BCUT2D eigenvalue weighted by molar-refractivity contribution is 5.94. The lowest BCUT2D eigenvalue weighted by Crippen LogP contribution is -2.59. The number of rotatable bonds is 13. The molecule has 0 spiro atoms. The monoisotopic (exact) mass is 465 g/mol. The number of carbonyl (C=O) groups is 5. The fourth-order valence-electron chi connectivity index (χ4n) is 2.81. The number of nitrogens with one attached hydrogen (secondary N) is 3. The quantitative estimate of drug-likeness (QED) is 0.169. The Morgan fingerprint density at radius 1 is 0.939 bits per heavy atom. The van der Waals surface area contributed by atoms with Gasteiger partial charge in [-0.15, -0.1) is 0 Å². The molecule has 0 aromatic heterocycles. The average molecular weight is 466 g/mol. The Morgan fingerprint density at radius 2 is 1.55 bits per heavy atom. The van der Waals surface area contributed by atoms with E-state index in [9.17, 15) is 34.2 Å². The topological polar surface area (TPSA) is 214 Å². The first-order valence-electron chi connectivity index (χ1n) is 10.3. The Kier molecular flexibility index (Phi) is 11.0. The minimum atomic E-state index is -1.44. The first kappa shape index (κ1) is 27.5. The van der Waals surface area contributed by atoms with Crippen LogP contribution in [0.1, 0.15) is 32.3 Å². The summed E-state index contributed by atoms with van der Waals surface area (Å²) in [5.74, 6) is -4.32. The van der Waals surface area contributed by atoms with Crippen molar-refractivity contribution in [2.45, 2.75) is 63.4 Å². The number of carboxylic acids is 1. The second-order valence-corrected chi connectivity index (χ2v) is 7.66. The van der Waals surface area contributed by atoms with Crippen LogP contribution in [0.3, 0.4) is 0 Å². The van der Waals surface area contributed by atoms with Gasteiger partial charge in [0.15, 0.2) is 0 Å². The maximum Gasteiger partial charge on any atom is 0.326 e. The molecule has 33 heavy (non-hydrogen) atoms. The molecular weight excluding hydrogens is 434 g/mol. The summed E-state index contributed by atoms with van der Waals surface area (Å²) < 4.78 is 0. The number of hydrogen-bond donors (Lipinski definition) is 7. The smallest absolute Gasteiger partial charge is 0.326 e. The molecule has 0 aliphatic carbocycles.